The van der Waals surface area contributed by atoms with Crippen molar-refractivity contribution in [2.45, 2.75) is 45.0 Å². The van der Waals surface area contributed by atoms with Gasteiger partial charge in [-0.2, -0.15) is 0 Å². The average molecular weight is 209 g/mol. The molecule has 15 heavy (non-hydrogen) atoms. The van der Waals surface area contributed by atoms with Crippen molar-refractivity contribution in [2.24, 2.45) is 0 Å². The third-order valence-corrected chi connectivity index (χ3v) is 2.80. The molecule has 2 N–H and O–H groups in total. The highest BCUT2D eigenvalue weighted by atomic mass is 16.2. The maximum Gasteiger partial charge on any atom is 0.365 e. The molecule has 84 valence electrons. The standard InChI is InChI=1S/C11H20BNO2/c1-10(14)12(15)8-4-2-6-11-7-3-5-9-13-11/h3,7,11,13,15H,2,4-6,8-9H2,1H3. The van der Waals surface area contributed by atoms with Crippen molar-refractivity contribution < 1.29 is 9.82 Å². The van der Waals surface area contributed by atoms with E-state index in [-0.39, 0.29) is 5.68 Å². The zero-order chi connectivity index (χ0) is 11.1. The number of nitrogens with one attached hydrogen (secondary N) is 1. The van der Waals surface area contributed by atoms with E-state index in [2.05, 4.69) is 17.5 Å². The van der Waals surface area contributed by atoms with Crippen LogP contribution in [-0.4, -0.2) is 30.2 Å². The van der Waals surface area contributed by atoms with Crippen molar-refractivity contribution in [3.8, 4) is 0 Å². The summed E-state index contributed by atoms with van der Waals surface area (Å²) < 4.78 is 0. The van der Waals surface area contributed by atoms with Gasteiger partial charge in [0.15, 0.2) is 0 Å². The van der Waals surface area contributed by atoms with Gasteiger partial charge in [0.1, 0.15) is 5.68 Å². The van der Waals surface area contributed by atoms with Crippen molar-refractivity contribution in [3.05, 3.63) is 12.2 Å². The van der Waals surface area contributed by atoms with E-state index >= 15 is 0 Å². The summed E-state index contributed by atoms with van der Waals surface area (Å²) in [6.07, 6.45) is 9.24. The van der Waals surface area contributed by atoms with Gasteiger partial charge < -0.3 is 15.1 Å². The van der Waals surface area contributed by atoms with E-state index in [0.29, 0.717) is 12.4 Å². The third kappa shape index (κ3) is 5.14. The highest BCUT2D eigenvalue weighted by Gasteiger charge is 2.16. The Morgan fingerprint density at radius 2 is 2.40 bits per heavy atom. The minimum Gasteiger partial charge on any atom is -0.444 e. The number of carbonyl (C=O) groups is 1. The Labute approximate surface area is 92.1 Å². The van der Waals surface area contributed by atoms with Crippen LogP contribution in [-0.2, 0) is 4.79 Å². The van der Waals surface area contributed by atoms with Gasteiger partial charge >= 0.3 is 6.92 Å². The van der Waals surface area contributed by atoms with Crippen molar-refractivity contribution in [2.75, 3.05) is 6.54 Å². The summed E-state index contributed by atoms with van der Waals surface area (Å²) in [6.45, 7) is 1.76. The lowest BCUT2D eigenvalue weighted by atomic mass is 9.60. The molecule has 1 heterocycles. The van der Waals surface area contributed by atoms with Crippen molar-refractivity contribution in [1.29, 1.82) is 0 Å². The number of unbranched alkanes of at least 4 members (excludes halogenated alkanes) is 1. The molecule has 1 atom stereocenters. The molecule has 0 bridgehead atoms. The summed E-state index contributed by atoms with van der Waals surface area (Å²) in [5.41, 5.74) is -0.120. The molecule has 0 aromatic carbocycles. The van der Waals surface area contributed by atoms with E-state index in [0.717, 1.165) is 32.2 Å². The van der Waals surface area contributed by atoms with Crippen LogP contribution in [0, 0.1) is 0 Å². The summed E-state index contributed by atoms with van der Waals surface area (Å²) in [6, 6.07) is 0.494. The average Bonchev–Trinajstić information content (AvgIpc) is 2.25. The number of rotatable bonds is 6. The maximum atomic E-state index is 10.8. The highest BCUT2D eigenvalue weighted by Crippen LogP contribution is 2.09. The van der Waals surface area contributed by atoms with Crippen LogP contribution in [0.5, 0.6) is 0 Å². The summed E-state index contributed by atoms with van der Waals surface area (Å²) >= 11 is 0. The van der Waals surface area contributed by atoms with E-state index in [1.807, 2.05) is 0 Å². The Morgan fingerprint density at radius 3 is 3.00 bits per heavy atom. The monoisotopic (exact) mass is 209 g/mol. The molecule has 0 radical (unpaired) electrons. The van der Waals surface area contributed by atoms with E-state index in [4.69, 9.17) is 0 Å². The molecule has 0 aromatic heterocycles. The fraction of sp³-hybridized carbons (Fsp3) is 0.727. The minimum absolute atomic E-state index is 0.120. The number of carbonyl (C=O) groups excluding carboxylic acids is 1. The molecule has 1 aliphatic rings. The van der Waals surface area contributed by atoms with Gasteiger partial charge in [-0.3, -0.25) is 0 Å². The van der Waals surface area contributed by atoms with E-state index in [1.54, 1.807) is 0 Å². The maximum absolute atomic E-state index is 10.8. The van der Waals surface area contributed by atoms with Crippen LogP contribution in [0.25, 0.3) is 0 Å². The molecule has 0 saturated heterocycles. The lowest BCUT2D eigenvalue weighted by molar-refractivity contribution is -0.111. The molecule has 0 saturated carbocycles. The first kappa shape index (κ1) is 12.5. The van der Waals surface area contributed by atoms with E-state index in [9.17, 15) is 9.82 Å². The van der Waals surface area contributed by atoms with Crippen LogP contribution in [0.15, 0.2) is 12.2 Å². The SMILES string of the molecule is CC(=O)B(O)CCCCC1C=CCCN1. The molecule has 1 aliphatic heterocycles. The van der Waals surface area contributed by atoms with E-state index < -0.39 is 6.92 Å². The first-order valence-electron chi connectivity index (χ1n) is 5.78. The van der Waals surface area contributed by atoms with Gasteiger partial charge in [-0.25, -0.2) is 0 Å². The Hall–Kier alpha value is -0.605. The smallest absolute Gasteiger partial charge is 0.365 e. The molecule has 4 heteroatoms. The van der Waals surface area contributed by atoms with Crippen molar-refractivity contribution in [1.82, 2.24) is 5.32 Å². The predicted molar refractivity (Wildman–Crippen MR) is 62.9 cm³/mol. The fourth-order valence-corrected chi connectivity index (χ4v) is 1.78. The number of hydrogen-bond acceptors (Lipinski definition) is 3. The Morgan fingerprint density at radius 1 is 1.60 bits per heavy atom. The normalized spacial score (nSPS) is 20.3. The second-order valence-electron chi connectivity index (χ2n) is 4.19. The van der Waals surface area contributed by atoms with Crippen LogP contribution in [0.1, 0.15) is 32.6 Å². The molecular weight excluding hydrogens is 189 g/mol. The Kier molecular flexibility index (Phi) is 5.65. The Bertz CT molecular complexity index is 231. The molecule has 0 spiro atoms. The van der Waals surface area contributed by atoms with Gasteiger partial charge in [0.05, 0.1) is 0 Å². The van der Waals surface area contributed by atoms with Gasteiger partial charge in [-0.1, -0.05) is 25.0 Å². The minimum atomic E-state index is -0.750. The fourth-order valence-electron chi connectivity index (χ4n) is 1.78. The quantitative estimate of drug-likeness (QED) is 0.392. The van der Waals surface area contributed by atoms with Gasteiger partial charge in [-0.05, 0) is 32.6 Å². The second-order valence-corrected chi connectivity index (χ2v) is 4.19. The van der Waals surface area contributed by atoms with Crippen LogP contribution in [0.3, 0.4) is 0 Å². The third-order valence-electron chi connectivity index (χ3n) is 2.80. The molecule has 0 amide bonds. The zero-order valence-electron chi connectivity index (χ0n) is 9.41. The summed E-state index contributed by atoms with van der Waals surface area (Å²) in [5.74, 6) is 0. The lowest BCUT2D eigenvalue weighted by Gasteiger charge is -2.18. The molecule has 1 unspecified atom stereocenters. The number of hydrogen-bond donors (Lipinski definition) is 2. The summed E-state index contributed by atoms with van der Waals surface area (Å²) in [4.78, 5) is 10.8. The van der Waals surface area contributed by atoms with Crippen LogP contribution in [0.4, 0.5) is 0 Å². The second kappa shape index (κ2) is 6.80. The van der Waals surface area contributed by atoms with E-state index in [1.165, 1.54) is 6.92 Å². The molecular formula is C11H20BNO2. The zero-order valence-corrected chi connectivity index (χ0v) is 9.41. The lowest BCUT2D eigenvalue weighted by Crippen LogP contribution is -2.30. The molecule has 0 aromatic rings. The van der Waals surface area contributed by atoms with Gasteiger partial charge in [-0.15, -0.1) is 0 Å². The van der Waals surface area contributed by atoms with Crippen LogP contribution < -0.4 is 5.32 Å². The van der Waals surface area contributed by atoms with Gasteiger partial charge in [0, 0.05) is 6.04 Å². The molecule has 1 rings (SSSR count). The van der Waals surface area contributed by atoms with Gasteiger partial charge in [0.25, 0.3) is 0 Å². The largest absolute Gasteiger partial charge is 0.444 e. The van der Waals surface area contributed by atoms with Crippen molar-refractivity contribution >= 4 is 12.6 Å². The highest BCUT2D eigenvalue weighted by molar-refractivity contribution is 6.83. The van der Waals surface area contributed by atoms with Crippen LogP contribution >= 0.6 is 0 Å². The Balaban J connectivity index is 2.03. The summed E-state index contributed by atoms with van der Waals surface area (Å²) in [7, 11) is 0. The molecule has 0 fully saturated rings. The summed E-state index contributed by atoms with van der Waals surface area (Å²) in [5, 5.41) is 12.7. The van der Waals surface area contributed by atoms with Crippen LogP contribution in [0.2, 0.25) is 6.32 Å². The molecule has 3 nitrogen and oxygen atoms in total. The first-order valence-corrected chi connectivity index (χ1v) is 5.78. The predicted octanol–water partition coefficient (Wildman–Crippen LogP) is 1.19. The van der Waals surface area contributed by atoms with Crippen molar-refractivity contribution in [3.63, 3.8) is 0 Å². The topological polar surface area (TPSA) is 49.3 Å². The first-order chi connectivity index (χ1) is 7.20. The molecule has 0 aliphatic carbocycles. The van der Waals surface area contributed by atoms with Gasteiger partial charge in [0.2, 0.25) is 0 Å².